The van der Waals surface area contributed by atoms with Crippen molar-refractivity contribution >= 4 is 0 Å². The molecule has 1 unspecified atom stereocenters. The number of nitrogens with one attached hydrogen (secondary N) is 1. The summed E-state index contributed by atoms with van der Waals surface area (Å²) in [5.74, 6) is 0.683. The lowest BCUT2D eigenvalue weighted by atomic mass is 9.93. The third-order valence-corrected chi connectivity index (χ3v) is 3.81. The minimum atomic E-state index is -0.0432. The van der Waals surface area contributed by atoms with E-state index in [1.165, 1.54) is 25.7 Å². The maximum Gasteiger partial charge on any atom is 0.0628 e. The van der Waals surface area contributed by atoms with E-state index in [2.05, 4.69) is 31.1 Å². The van der Waals surface area contributed by atoms with Crippen LogP contribution in [0.2, 0.25) is 0 Å². The molecule has 0 bridgehead atoms. The van der Waals surface area contributed by atoms with Crippen molar-refractivity contribution < 1.29 is 5.11 Å². The van der Waals surface area contributed by atoms with Gasteiger partial charge in [-0.2, -0.15) is 0 Å². The second kappa shape index (κ2) is 7.34. The average molecular weight is 242 g/mol. The van der Waals surface area contributed by atoms with Crippen molar-refractivity contribution in [3.8, 4) is 0 Å². The Balaban J connectivity index is 2.49. The lowest BCUT2D eigenvalue weighted by Crippen LogP contribution is -2.57. The Labute approximate surface area is 107 Å². The zero-order valence-electron chi connectivity index (χ0n) is 11.8. The van der Waals surface area contributed by atoms with Gasteiger partial charge in [0.2, 0.25) is 0 Å². The molecule has 0 spiro atoms. The number of hydrogen-bond donors (Lipinski definition) is 2. The first kappa shape index (κ1) is 14.9. The highest BCUT2D eigenvalue weighted by Crippen LogP contribution is 2.40. The van der Waals surface area contributed by atoms with Gasteiger partial charge in [0.05, 0.1) is 12.1 Å². The fourth-order valence-corrected chi connectivity index (χ4v) is 2.56. The highest BCUT2D eigenvalue weighted by molar-refractivity contribution is 5.02. The molecule has 3 nitrogen and oxygen atoms in total. The van der Waals surface area contributed by atoms with Crippen LogP contribution in [-0.4, -0.2) is 48.8 Å². The highest BCUT2D eigenvalue weighted by Gasteiger charge is 2.44. The van der Waals surface area contributed by atoms with Crippen molar-refractivity contribution in [2.24, 2.45) is 5.92 Å². The summed E-state index contributed by atoms with van der Waals surface area (Å²) in [5, 5.41) is 13.4. The van der Waals surface area contributed by atoms with E-state index in [0.29, 0.717) is 5.92 Å². The molecule has 0 aromatic carbocycles. The van der Waals surface area contributed by atoms with Crippen molar-refractivity contribution in [3.63, 3.8) is 0 Å². The Morgan fingerprint density at radius 1 is 1.29 bits per heavy atom. The fourth-order valence-electron chi connectivity index (χ4n) is 2.56. The predicted octanol–water partition coefficient (Wildman–Crippen LogP) is 1.86. The highest BCUT2D eigenvalue weighted by atomic mass is 16.3. The van der Waals surface area contributed by atoms with Crippen LogP contribution in [0, 0.1) is 5.92 Å². The summed E-state index contributed by atoms with van der Waals surface area (Å²) in [6, 6.07) is 0. The van der Waals surface area contributed by atoms with Gasteiger partial charge in [-0.25, -0.2) is 0 Å². The summed E-state index contributed by atoms with van der Waals surface area (Å²) in [6.45, 7) is 7.81. The summed E-state index contributed by atoms with van der Waals surface area (Å²) in [5.41, 5.74) is -0.0432. The molecule has 0 aromatic heterocycles. The van der Waals surface area contributed by atoms with Gasteiger partial charge in [0.1, 0.15) is 0 Å². The van der Waals surface area contributed by atoms with Gasteiger partial charge in [-0.05, 0) is 51.7 Å². The van der Waals surface area contributed by atoms with Crippen LogP contribution in [0.15, 0.2) is 0 Å². The average Bonchev–Trinajstić information content (AvgIpc) is 3.16. The third kappa shape index (κ3) is 4.57. The monoisotopic (exact) mass is 242 g/mol. The smallest absolute Gasteiger partial charge is 0.0628 e. The van der Waals surface area contributed by atoms with E-state index >= 15 is 0 Å². The van der Waals surface area contributed by atoms with Gasteiger partial charge in [0.15, 0.2) is 0 Å². The molecule has 1 fully saturated rings. The van der Waals surface area contributed by atoms with E-state index in [1.807, 2.05) is 0 Å². The molecule has 0 amide bonds. The molecule has 0 aromatic rings. The summed E-state index contributed by atoms with van der Waals surface area (Å²) < 4.78 is 0. The van der Waals surface area contributed by atoms with Crippen LogP contribution in [0.4, 0.5) is 0 Å². The van der Waals surface area contributed by atoms with Gasteiger partial charge in [-0.1, -0.05) is 20.3 Å². The van der Waals surface area contributed by atoms with Gasteiger partial charge >= 0.3 is 0 Å². The Morgan fingerprint density at radius 2 is 2.00 bits per heavy atom. The Bertz CT molecular complexity index is 206. The lowest BCUT2D eigenvalue weighted by Gasteiger charge is -2.37. The number of aliphatic hydroxyl groups excluding tert-OH is 1. The van der Waals surface area contributed by atoms with Crippen molar-refractivity contribution in [2.75, 3.05) is 33.3 Å². The number of likely N-dealkylation sites (N-methyl/N-ethyl adjacent to an activating group) is 1. The third-order valence-electron chi connectivity index (χ3n) is 3.81. The largest absolute Gasteiger partial charge is 0.394 e. The summed E-state index contributed by atoms with van der Waals surface area (Å²) in [4.78, 5) is 2.38. The number of hydrogen-bond acceptors (Lipinski definition) is 3. The molecule has 2 N–H and O–H groups in total. The van der Waals surface area contributed by atoms with Crippen LogP contribution >= 0.6 is 0 Å². The number of nitrogens with zero attached hydrogens (tertiary/aromatic N) is 1. The zero-order valence-corrected chi connectivity index (χ0v) is 11.8. The standard InChI is InChI=1S/C14H30N2O/c1-4-6-10-16(3)11-14(12-17,13-7-8-13)15-9-5-2/h13,15,17H,4-12H2,1-3H3. The maximum absolute atomic E-state index is 9.80. The number of unbranched alkanes of at least 4 members (excludes halogenated alkanes) is 1. The first-order valence-electron chi connectivity index (χ1n) is 7.23. The molecule has 0 aliphatic heterocycles. The van der Waals surface area contributed by atoms with Crippen molar-refractivity contribution in [2.45, 2.75) is 51.5 Å². The summed E-state index contributed by atoms with van der Waals surface area (Å²) in [7, 11) is 2.18. The van der Waals surface area contributed by atoms with E-state index in [0.717, 1.165) is 26.1 Å². The van der Waals surface area contributed by atoms with E-state index in [9.17, 15) is 5.11 Å². The second-order valence-electron chi connectivity index (χ2n) is 5.61. The molecule has 1 rings (SSSR count). The quantitative estimate of drug-likeness (QED) is 0.614. The molecule has 0 saturated heterocycles. The van der Waals surface area contributed by atoms with Crippen LogP contribution in [0.25, 0.3) is 0 Å². The number of aliphatic hydroxyl groups is 1. The van der Waals surface area contributed by atoms with Crippen molar-refractivity contribution in [3.05, 3.63) is 0 Å². The van der Waals surface area contributed by atoms with E-state index in [-0.39, 0.29) is 12.1 Å². The Morgan fingerprint density at radius 3 is 2.47 bits per heavy atom. The molecule has 102 valence electrons. The fraction of sp³-hybridized carbons (Fsp3) is 1.00. The Hall–Kier alpha value is -0.120. The van der Waals surface area contributed by atoms with Crippen LogP contribution in [0.1, 0.15) is 46.0 Å². The molecule has 1 aliphatic carbocycles. The maximum atomic E-state index is 9.80. The number of rotatable bonds is 10. The normalized spacial score (nSPS) is 19.6. The summed E-state index contributed by atoms with van der Waals surface area (Å²) in [6.07, 6.45) is 6.17. The molecular formula is C14H30N2O. The zero-order chi connectivity index (χ0) is 12.7. The SMILES string of the molecule is CCCCN(C)CC(CO)(NCCC)C1CC1. The van der Waals surface area contributed by atoms with Crippen LogP contribution in [-0.2, 0) is 0 Å². The molecule has 0 radical (unpaired) electrons. The predicted molar refractivity (Wildman–Crippen MR) is 73.2 cm³/mol. The molecule has 0 heterocycles. The van der Waals surface area contributed by atoms with E-state index < -0.39 is 0 Å². The van der Waals surface area contributed by atoms with Gasteiger partial charge in [-0.15, -0.1) is 0 Å². The van der Waals surface area contributed by atoms with Crippen molar-refractivity contribution in [1.29, 1.82) is 0 Å². The van der Waals surface area contributed by atoms with E-state index in [4.69, 9.17) is 0 Å². The van der Waals surface area contributed by atoms with Gasteiger partial charge in [0.25, 0.3) is 0 Å². The Kier molecular flexibility index (Phi) is 6.45. The molecule has 17 heavy (non-hydrogen) atoms. The molecular weight excluding hydrogens is 212 g/mol. The van der Waals surface area contributed by atoms with Crippen molar-refractivity contribution in [1.82, 2.24) is 10.2 Å². The molecule has 1 aliphatic rings. The van der Waals surface area contributed by atoms with E-state index in [1.54, 1.807) is 0 Å². The summed E-state index contributed by atoms with van der Waals surface area (Å²) >= 11 is 0. The molecule has 1 saturated carbocycles. The van der Waals surface area contributed by atoms with Crippen LogP contribution in [0.3, 0.4) is 0 Å². The van der Waals surface area contributed by atoms with Gasteiger partial charge in [-0.3, -0.25) is 0 Å². The lowest BCUT2D eigenvalue weighted by molar-refractivity contribution is 0.100. The van der Waals surface area contributed by atoms with Gasteiger partial charge < -0.3 is 15.3 Å². The first-order chi connectivity index (χ1) is 8.18. The molecule has 1 atom stereocenters. The topological polar surface area (TPSA) is 35.5 Å². The van der Waals surface area contributed by atoms with Gasteiger partial charge in [0, 0.05) is 6.54 Å². The van der Waals surface area contributed by atoms with Crippen LogP contribution < -0.4 is 5.32 Å². The second-order valence-corrected chi connectivity index (χ2v) is 5.61. The first-order valence-corrected chi connectivity index (χ1v) is 7.23. The molecule has 3 heteroatoms. The van der Waals surface area contributed by atoms with Crippen LogP contribution in [0.5, 0.6) is 0 Å². The minimum absolute atomic E-state index is 0.0432. The minimum Gasteiger partial charge on any atom is -0.394 e.